The minimum atomic E-state index is 0.232. The molecular weight excluding hydrogens is 294 g/mol. The number of anilines is 1. The van der Waals surface area contributed by atoms with Crippen LogP contribution in [0.15, 0.2) is 54.6 Å². The molecule has 1 saturated heterocycles. The summed E-state index contributed by atoms with van der Waals surface area (Å²) in [5.74, 6) is 2.55. The van der Waals surface area contributed by atoms with Gasteiger partial charge in [0.25, 0.3) is 0 Å². The van der Waals surface area contributed by atoms with Crippen LogP contribution in [0.25, 0.3) is 0 Å². The molecule has 1 fully saturated rings. The molecule has 1 heterocycles. The molecule has 2 aromatic carbocycles. The molecule has 0 atom stereocenters. The van der Waals surface area contributed by atoms with E-state index < -0.39 is 0 Å². The molecule has 0 unspecified atom stereocenters. The van der Waals surface area contributed by atoms with Gasteiger partial charge in [-0.2, -0.15) is 0 Å². The smallest absolute Gasteiger partial charge is 0.0832 e. The van der Waals surface area contributed by atoms with Gasteiger partial charge in [0.2, 0.25) is 0 Å². The van der Waals surface area contributed by atoms with E-state index in [9.17, 15) is 0 Å². The molecule has 0 aliphatic carbocycles. The Kier molecular flexibility index (Phi) is 4.81. The Bertz CT molecular complexity index is 560. The molecule has 1 nitrogen and oxygen atoms in total. The van der Waals surface area contributed by atoms with E-state index in [2.05, 4.69) is 90.4 Å². The van der Waals surface area contributed by atoms with E-state index in [1.807, 2.05) is 0 Å². The minimum absolute atomic E-state index is 0.232. The Morgan fingerprint density at radius 3 is 2.29 bits per heavy atom. The third-order valence-corrected chi connectivity index (χ3v) is 7.06. The van der Waals surface area contributed by atoms with Crippen molar-refractivity contribution < 1.29 is 0 Å². The summed E-state index contributed by atoms with van der Waals surface area (Å²) in [5, 5.41) is 3.49. The van der Waals surface area contributed by atoms with Gasteiger partial charge >= 0.3 is 0 Å². The van der Waals surface area contributed by atoms with Crippen molar-refractivity contribution >= 4 is 29.2 Å². The molecule has 0 spiro atoms. The van der Waals surface area contributed by atoms with E-state index in [0.29, 0.717) is 0 Å². The summed E-state index contributed by atoms with van der Waals surface area (Å²) in [7, 11) is 0. The van der Waals surface area contributed by atoms with Crippen molar-refractivity contribution in [1.29, 1.82) is 0 Å². The number of hydrogen-bond acceptors (Lipinski definition) is 3. The van der Waals surface area contributed by atoms with Crippen LogP contribution in [0, 0.1) is 0 Å². The van der Waals surface area contributed by atoms with E-state index in [1.54, 1.807) is 0 Å². The zero-order chi connectivity index (χ0) is 14.5. The first kappa shape index (κ1) is 14.9. The molecule has 21 heavy (non-hydrogen) atoms. The second kappa shape index (κ2) is 6.80. The summed E-state index contributed by atoms with van der Waals surface area (Å²) in [4.78, 5) is 0. The molecule has 3 heteroatoms. The first-order chi connectivity index (χ1) is 10.3. The number of thioether (sulfide) groups is 2. The van der Waals surface area contributed by atoms with Crippen LogP contribution < -0.4 is 5.32 Å². The van der Waals surface area contributed by atoms with Crippen molar-refractivity contribution in [1.82, 2.24) is 0 Å². The molecule has 0 bridgehead atoms. The van der Waals surface area contributed by atoms with Gasteiger partial charge in [-0.3, -0.25) is 0 Å². The number of nitrogens with one attached hydrogen (secondary N) is 1. The summed E-state index contributed by atoms with van der Waals surface area (Å²) in [6, 6.07) is 19.5. The van der Waals surface area contributed by atoms with Gasteiger partial charge in [0.1, 0.15) is 0 Å². The van der Waals surface area contributed by atoms with Crippen LogP contribution in [0.3, 0.4) is 0 Å². The number of hydrogen-bond donors (Lipinski definition) is 1. The minimum Gasteiger partial charge on any atom is -0.381 e. The van der Waals surface area contributed by atoms with E-state index in [4.69, 9.17) is 0 Å². The molecule has 0 amide bonds. The summed E-state index contributed by atoms with van der Waals surface area (Å²) in [6.45, 7) is 3.23. The van der Waals surface area contributed by atoms with Crippen LogP contribution in [-0.4, -0.2) is 11.5 Å². The first-order valence-electron chi connectivity index (χ1n) is 7.42. The molecule has 1 aliphatic heterocycles. The second-order valence-corrected chi connectivity index (χ2v) is 8.70. The van der Waals surface area contributed by atoms with Gasteiger partial charge in [0, 0.05) is 12.2 Å². The van der Waals surface area contributed by atoms with Crippen LogP contribution in [-0.2, 0) is 10.6 Å². The van der Waals surface area contributed by atoms with Crippen molar-refractivity contribution in [3.63, 3.8) is 0 Å². The van der Waals surface area contributed by atoms with Gasteiger partial charge in [0.15, 0.2) is 0 Å². The molecule has 3 rings (SSSR count). The van der Waals surface area contributed by atoms with E-state index in [1.165, 1.54) is 34.7 Å². The van der Waals surface area contributed by atoms with E-state index >= 15 is 0 Å². The predicted molar refractivity (Wildman–Crippen MR) is 97.1 cm³/mol. The van der Waals surface area contributed by atoms with Gasteiger partial charge in [-0.25, -0.2) is 0 Å². The van der Waals surface area contributed by atoms with Crippen molar-refractivity contribution in [3.05, 3.63) is 65.7 Å². The topological polar surface area (TPSA) is 12.0 Å². The fourth-order valence-electron chi connectivity index (χ4n) is 2.49. The summed E-state index contributed by atoms with van der Waals surface area (Å²) < 4.78 is 0.232. The van der Waals surface area contributed by atoms with E-state index in [0.717, 1.165) is 6.54 Å². The van der Waals surface area contributed by atoms with Crippen molar-refractivity contribution in [3.8, 4) is 0 Å². The molecule has 0 radical (unpaired) electrons. The van der Waals surface area contributed by atoms with Gasteiger partial charge < -0.3 is 5.32 Å². The average molecular weight is 316 g/mol. The Morgan fingerprint density at radius 1 is 0.952 bits per heavy atom. The maximum absolute atomic E-state index is 3.49. The second-order valence-electron chi connectivity index (χ2n) is 5.41. The highest BCUT2D eigenvalue weighted by atomic mass is 32.2. The van der Waals surface area contributed by atoms with Crippen LogP contribution in [0.4, 0.5) is 5.69 Å². The lowest BCUT2D eigenvalue weighted by molar-refractivity contribution is 0.963. The lowest BCUT2D eigenvalue weighted by Gasteiger charge is -2.32. The lowest BCUT2D eigenvalue weighted by Crippen LogP contribution is -2.18. The molecular formula is C18H21NS2. The molecule has 110 valence electrons. The van der Waals surface area contributed by atoms with Crippen LogP contribution in [0.2, 0.25) is 0 Å². The van der Waals surface area contributed by atoms with Gasteiger partial charge in [0.05, 0.1) is 4.08 Å². The number of rotatable bonds is 4. The summed E-state index contributed by atoms with van der Waals surface area (Å²) >= 11 is 4.15. The maximum Gasteiger partial charge on any atom is 0.0832 e. The van der Waals surface area contributed by atoms with Crippen LogP contribution >= 0.6 is 23.5 Å². The Balaban J connectivity index is 1.64. The Hall–Kier alpha value is -1.06. The zero-order valence-corrected chi connectivity index (χ0v) is 14.0. The zero-order valence-electron chi connectivity index (χ0n) is 12.3. The van der Waals surface area contributed by atoms with Crippen molar-refractivity contribution in [2.45, 2.75) is 24.0 Å². The molecule has 0 saturated carbocycles. The summed E-state index contributed by atoms with van der Waals surface area (Å²) in [5.41, 5.74) is 3.94. The van der Waals surface area contributed by atoms with Gasteiger partial charge in [-0.15, -0.1) is 23.5 Å². The largest absolute Gasteiger partial charge is 0.381 e. The molecule has 1 aliphatic rings. The Morgan fingerprint density at radius 2 is 1.62 bits per heavy atom. The number of benzene rings is 2. The van der Waals surface area contributed by atoms with Crippen LogP contribution in [0.5, 0.6) is 0 Å². The lowest BCUT2D eigenvalue weighted by atomic mass is 10.1. The monoisotopic (exact) mass is 315 g/mol. The van der Waals surface area contributed by atoms with Gasteiger partial charge in [-0.1, -0.05) is 42.5 Å². The fourth-order valence-corrected chi connectivity index (χ4v) is 5.47. The van der Waals surface area contributed by atoms with Crippen LogP contribution in [0.1, 0.15) is 24.5 Å². The maximum atomic E-state index is 3.49. The SMILES string of the molecule is CC1(c2ccc(NCc3ccccc3)cc2)SCCCS1. The van der Waals surface area contributed by atoms with E-state index in [-0.39, 0.29) is 4.08 Å². The Labute approximate surface area is 135 Å². The molecule has 0 aromatic heterocycles. The normalized spacial score (nSPS) is 17.4. The average Bonchev–Trinajstić information content (AvgIpc) is 2.55. The molecule has 1 N–H and O–H groups in total. The standard InChI is InChI=1S/C18H21NS2/c1-18(20-12-5-13-21-18)16-8-10-17(11-9-16)19-14-15-6-3-2-4-7-15/h2-4,6-11,19H,5,12-14H2,1H3. The summed E-state index contributed by atoms with van der Waals surface area (Å²) in [6.07, 6.45) is 1.33. The fraction of sp³-hybridized carbons (Fsp3) is 0.333. The highest BCUT2D eigenvalue weighted by molar-refractivity contribution is 8.18. The first-order valence-corrected chi connectivity index (χ1v) is 9.40. The third-order valence-electron chi connectivity index (χ3n) is 3.79. The highest BCUT2D eigenvalue weighted by Crippen LogP contribution is 2.49. The quantitative estimate of drug-likeness (QED) is 0.817. The van der Waals surface area contributed by atoms with Crippen molar-refractivity contribution in [2.75, 3.05) is 16.8 Å². The highest BCUT2D eigenvalue weighted by Gasteiger charge is 2.30. The van der Waals surface area contributed by atoms with Gasteiger partial charge in [-0.05, 0) is 48.1 Å². The molecule has 2 aromatic rings. The predicted octanol–water partition coefficient (Wildman–Crippen LogP) is 5.34. The van der Waals surface area contributed by atoms with Crippen molar-refractivity contribution in [2.24, 2.45) is 0 Å². The third kappa shape index (κ3) is 3.78.